The average Bonchev–Trinajstić information content (AvgIpc) is 1.67. The zero-order valence-corrected chi connectivity index (χ0v) is 6.07. The summed E-state index contributed by atoms with van der Waals surface area (Å²) in [5, 5.41) is 0. The van der Waals surface area contributed by atoms with Crippen LogP contribution in [-0.4, -0.2) is 13.2 Å². The lowest BCUT2D eigenvalue weighted by Gasteiger charge is -2.11. The van der Waals surface area contributed by atoms with Gasteiger partial charge in [-0.05, 0) is 20.3 Å². The van der Waals surface area contributed by atoms with Crippen molar-refractivity contribution in [2.45, 2.75) is 25.0 Å². The molecule has 0 heterocycles. The van der Waals surface area contributed by atoms with Gasteiger partial charge in [0.05, 0.1) is 4.75 Å². The van der Waals surface area contributed by atoms with Crippen LogP contribution in [0.5, 0.6) is 0 Å². The van der Waals surface area contributed by atoms with Gasteiger partial charge in [0.25, 0.3) is 0 Å². The topological polar surface area (TPSA) is 34.1 Å². The van der Waals surface area contributed by atoms with Gasteiger partial charge < -0.3 is 0 Å². The molecule has 0 aliphatic carbocycles. The highest BCUT2D eigenvalue weighted by atomic mass is 32.2. The fourth-order valence-electron chi connectivity index (χ4n) is 0.129. The van der Waals surface area contributed by atoms with Crippen molar-refractivity contribution in [1.82, 2.24) is 0 Å². The van der Waals surface area contributed by atoms with Crippen molar-refractivity contribution >= 4 is 10.7 Å². The zero-order chi connectivity index (χ0) is 6.78. The Morgan fingerprint density at radius 1 is 1.62 bits per heavy atom. The molecule has 8 heavy (non-hydrogen) atoms. The molecule has 3 heteroatoms. The average molecular weight is 135 g/mol. The first-order valence-corrected chi connectivity index (χ1v) is 3.68. The Morgan fingerprint density at radius 2 is 2.00 bits per heavy atom. The number of rotatable bonds is 2. The Hall–Kier alpha value is -0.0500. The second-order valence-corrected chi connectivity index (χ2v) is 3.70. The van der Waals surface area contributed by atoms with Crippen LogP contribution < -0.4 is 0 Å². The highest BCUT2D eigenvalue weighted by molar-refractivity contribution is 7.74. The summed E-state index contributed by atoms with van der Waals surface area (Å²) in [6.45, 7) is 6.91. The van der Waals surface area contributed by atoms with Gasteiger partial charge in [0.15, 0.2) is 0 Å². The summed E-state index contributed by atoms with van der Waals surface area (Å²) in [6, 6.07) is 0. The van der Waals surface area contributed by atoms with Crippen LogP contribution >= 0.6 is 0 Å². The first-order valence-electron chi connectivity index (χ1n) is 2.50. The summed E-state index contributed by atoms with van der Waals surface area (Å²) in [5.41, 5.74) is 0. The molecule has 0 aromatic rings. The quantitative estimate of drug-likeness (QED) is 0.563. The van der Waals surface area contributed by atoms with E-state index in [9.17, 15) is 8.42 Å². The first-order chi connectivity index (χ1) is 3.50. The lowest BCUT2D eigenvalue weighted by atomic mass is 10.1. The molecule has 49 valence electrons. The van der Waals surface area contributed by atoms with Crippen LogP contribution in [0.4, 0.5) is 0 Å². The van der Waals surface area contributed by atoms with Crippen LogP contribution in [-0.2, 0) is 10.7 Å². The van der Waals surface area contributed by atoms with Crippen molar-refractivity contribution in [3.63, 3.8) is 0 Å². The first kappa shape index (κ1) is 7.95. The number of hydrogen-bond donors (Lipinski definition) is 1. The smallest absolute Gasteiger partial charge is 0.145 e. The van der Waals surface area contributed by atoms with E-state index in [0.29, 0.717) is 6.42 Å². The predicted octanol–water partition coefficient (Wildman–Crippen LogP) is 0.601. The summed E-state index contributed by atoms with van der Waals surface area (Å²) >= 11 is 0. The normalized spacial score (nSPS) is 12.5. The lowest BCUT2D eigenvalue weighted by molar-refractivity contribution is 0.577. The molecule has 0 rings (SSSR count). The van der Waals surface area contributed by atoms with E-state index in [-0.39, 0.29) is 0 Å². The van der Waals surface area contributed by atoms with Crippen molar-refractivity contribution in [2.75, 3.05) is 0 Å². The predicted molar refractivity (Wildman–Crippen MR) is 34.4 cm³/mol. The molecule has 0 aromatic carbocycles. The fourth-order valence-corrected chi connectivity index (χ4v) is 0.387. The van der Waals surface area contributed by atoms with Gasteiger partial charge in [-0.25, -0.2) is 8.42 Å². The summed E-state index contributed by atoms with van der Waals surface area (Å²) < 4.78 is 19.7. The molecular formula is C5H11O2S. The SMILES string of the molecule is [CH2]C(C)(CC)[SH](=O)=O. The van der Waals surface area contributed by atoms with E-state index in [1.54, 1.807) is 13.8 Å². The van der Waals surface area contributed by atoms with Crippen molar-refractivity contribution in [3.8, 4) is 0 Å². The van der Waals surface area contributed by atoms with Gasteiger partial charge in [-0.1, -0.05) is 6.92 Å². The van der Waals surface area contributed by atoms with Crippen LogP contribution in [0.25, 0.3) is 0 Å². The van der Waals surface area contributed by atoms with Gasteiger partial charge in [0.1, 0.15) is 10.7 Å². The van der Waals surface area contributed by atoms with Crippen molar-refractivity contribution in [3.05, 3.63) is 6.92 Å². The van der Waals surface area contributed by atoms with Crippen molar-refractivity contribution in [1.29, 1.82) is 0 Å². The Balaban J connectivity index is 4.13. The molecule has 1 unspecified atom stereocenters. The molecule has 1 radical (unpaired) electrons. The molecule has 0 saturated carbocycles. The second kappa shape index (κ2) is 2.49. The van der Waals surface area contributed by atoms with Crippen molar-refractivity contribution < 1.29 is 8.42 Å². The maximum absolute atomic E-state index is 10.2. The van der Waals surface area contributed by atoms with Crippen LogP contribution in [0, 0.1) is 6.92 Å². The number of thiol groups is 1. The van der Waals surface area contributed by atoms with Gasteiger partial charge in [0, 0.05) is 0 Å². The summed E-state index contributed by atoms with van der Waals surface area (Å²) in [6.07, 6.45) is 0.575. The molecule has 2 nitrogen and oxygen atoms in total. The van der Waals surface area contributed by atoms with E-state index in [4.69, 9.17) is 0 Å². The highest BCUT2D eigenvalue weighted by Gasteiger charge is 2.17. The van der Waals surface area contributed by atoms with Gasteiger partial charge in [0.2, 0.25) is 0 Å². The molecule has 0 amide bonds. The molecule has 0 aliphatic rings. The minimum absolute atomic E-state index is 0.575. The van der Waals surface area contributed by atoms with Crippen molar-refractivity contribution in [2.24, 2.45) is 0 Å². The largest absolute Gasteiger partial charge is 0.231 e. The Bertz CT molecular complexity index is 127. The Kier molecular flexibility index (Phi) is 2.47. The summed E-state index contributed by atoms with van der Waals surface area (Å²) in [7, 11) is -2.35. The molecule has 0 bridgehead atoms. The molecule has 0 fully saturated rings. The third kappa shape index (κ3) is 1.82. The number of hydrogen-bond acceptors (Lipinski definition) is 2. The molecule has 1 atom stereocenters. The molecule has 0 aromatic heterocycles. The highest BCUT2D eigenvalue weighted by Crippen LogP contribution is 2.10. The van der Waals surface area contributed by atoms with Crippen LogP contribution in [0.15, 0.2) is 0 Å². The molecule has 0 aliphatic heterocycles. The summed E-state index contributed by atoms with van der Waals surface area (Å²) in [5.74, 6) is 0. The minimum Gasteiger partial charge on any atom is -0.231 e. The van der Waals surface area contributed by atoms with E-state index in [2.05, 4.69) is 6.92 Å². The Morgan fingerprint density at radius 3 is 2.00 bits per heavy atom. The maximum Gasteiger partial charge on any atom is 0.145 e. The summed E-state index contributed by atoms with van der Waals surface area (Å²) in [4.78, 5) is 0. The molecular weight excluding hydrogens is 124 g/mol. The van der Waals surface area contributed by atoms with Crippen LogP contribution in [0.3, 0.4) is 0 Å². The second-order valence-electron chi connectivity index (χ2n) is 2.11. The van der Waals surface area contributed by atoms with Crippen LogP contribution in [0.2, 0.25) is 0 Å². The van der Waals surface area contributed by atoms with E-state index in [1.165, 1.54) is 0 Å². The van der Waals surface area contributed by atoms with E-state index < -0.39 is 15.5 Å². The maximum atomic E-state index is 10.2. The van der Waals surface area contributed by atoms with E-state index >= 15 is 0 Å². The van der Waals surface area contributed by atoms with E-state index in [1.807, 2.05) is 0 Å². The van der Waals surface area contributed by atoms with Crippen LogP contribution in [0.1, 0.15) is 20.3 Å². The van der Waals surface area contributed by atoms with E-state index in [0.717, 1.165) is 0 Å². The fraction of sp³-hybridized carbons (Fsp3) is 0.800. The monoisotopic (exact) mass is 135 g/mol. The third-order valence-corrected chi connectivity index (χ3v) is 2.40. The lowest BCUT2D eigenvalue weighted by Crippen LogP contribution is -2.20. The molecule has 0 saturated heterocycles. The van der Waals surface area contributed by atoms with Gasteiger partial charge in [-0.15, -0.1) is 0 Å². The molecule has 0 spiro atoms. The molecule has 0 N–H and O–H groups in total. The minimum atomic E-state index is -2.35. The standard InChI is InChI=1S/C5H11O2S/c1-4-5(2,3)8(6)7/h8H,2,4H2,1,3H3. The van der Waals surface area contributed by atoms with Gasteiger partial charge >= 0.3 is 0 Å². The van der Waals surface area contributed by atoms with Gasteiger partial charge in [-0.3, -0.25) is 0 Å². The zero-order valence-electron chi connectivity index (χ0n) is 5.18. The van der Waals surface area contributed by atoms with Gasteiger partial charge in [-0.2, -0.15) is 0 Å². The Labute approximate surface area is 51.9 Å². The third-order valence-electron chi connectivity index (χ3n) is 1.20.